The van der Waals surface area contributed by atoms with Gasteiger partial charge in [0.1, 0.15) is 0 Å². The van der Waals surface area contributed by atoms with Crippen molar-refractivity contribution < 1.29 is 9.59 Å². The number of aromatic nitrogens is 4. The van der Waals surface area contributed by atoms with Gasteiger partial charge in [-0.3, -0.25) is 9.59 Å². The van der Waals surface area contributed by atoms with Crippen molar-refractivity contribution in [1.29, 1.82) is 0 Å². The zero-order valence-electron chi connectivity index (χ0n) is 16.4. The van der Waals surface area contributed by atoms with Crippen molar-refractivity contribution in [3.63, 3.8) is 0 Å². The second kappa shape index (κ2) is 7.44. The van der Waals surface area contributed by atoms with Crippen LogP contribution in [0.2, 0.25) is 0 Å². The van der Waals surface area contributed by atoms with Gasteiger partial charge in [-0.1, -0.05) is 12.8 Å². The molecule has 2 saturated heterocycles. The molecule has 1 aromatic rings. The minimum Gasteiger partial charge on any atom is -0.353 e. The van der Waals surface area contributed by atoms with E-state index < -0.39 is 0 Å². The molecule has 4 atom stereocenters. The molecule has 0 aromatic carbocycles. The van der Waals surface area contributed by atoms with Gasteiger partial charge < -0.3 is 10.2 Å². The highest BCUT2D eigenvalue weighted by molar-refractivity contribution is 5.83. The van der Waals surface area contributed by atoms with E-state index in [1.54, 1.807) is 4.68 Å². The van der Waals surface area contributed by atoms with Crippen molar-refractivity contribution in [3.05, 3.63) is 5.82 Å². The van der Waals surface area contributed by atoms with Gasteiger partial charge in [-0.15, -0.1) is 5.10 Å². The van der Waals surface area contributed by atoms with Crippen LogP contribution in [-0.2, 0) is 16.1 Å². The zero-order chi connectivity index (χ0) is 19.1. The molecule has 3 fully saturated rings. The standard InChI is InChI=1S/C20H30N6O2/c27-19(17-9-1-2-10-25-18(17)22-23-24-25)21-14-11-15-7-4-8-16(12-14)26(15)20(28)13-5-3-6-13/h13-17H,1-12H2,(H,21,27)/t14?,15-,16+,17?. The molecule has 8 nitrogen and oxygen atoms in total. The number of nitrogens with zero attached hydrogens (tertiary/aromatic N) is 5. The lowest BCUT2D eigenvalue weighted by atomic mass is 9.78. The molecule has 2 bridgehead atoms. The first kappa shape index (κ1) is 18.1. The Morgan fingerprint density at radius 2 is 1.68 bits per heavy atom. The van der Waals surface area contributed by atoms with Crippen LogP contribution in [0.15, 0.2) is 0 Å². The van der Waals surface area contributed by atoms with Gasteiger partial charge in [0, 0.05) is 30.6 Å². The average Bonchev–Trinajstić information content (AvgIpc) is 2.98. The quantitative estimate of drug-likeness (QED) is 0.855. The SMILES string of the molecule is O=C(NC1C[C@H]2CCC[C@@H](C1)N2C(=O)C1CCC1)C1CCCCn2nnnc21. The number of piperidine rings is 2. The third-order valence-electron chi connectivity index (χ3n) is 7.33. The third kappa shape index (κ3) is 3.20. The van der Waals surface area contributed by atoms with Crippen LogP contribution in [0.1, 0.15) is 82.4 Å². The summed E-state index contributed by atoms with van der Waals surface area (Å²) < 4.78 is 1.78. The molecule has 8 heteroatoms. The number of aryl methyl sites for hydroxylation is 1. The van der Waals surface area contributed by atoms with Gasteiger partial charge in [0.2, 0.25) is 11.8 Å². The summed E-state index contributed by atoms with van der Waals surface area (Å²) in [5.74, 6) is 1.15. The maximum absolute atomic E-state index is 13.1. The molecule has 4 aliphatic rings. The molecule has 28 heavy (non-hydrogen) atoms. The number of carbonyl (C=O) groups is 2. The van der Waals surface area contributed by atoms with E-state index >= 15 is 0 Å². The summed E-state index contributed by atoms with van der Waals surface area (Å²) in [7, 11) is 0. The van der Waals surface area contributed by atoms with E-state index in [4.69, 9.17) is 0 Å². The van der Waals surface area contributed by atoms with Crippen molar-refractivity contribution in [2.24, 2.45) is 5.92 Å². The summed E-state index contributed by atoms with van der Waals surface area (Å²) in [4.78, 5) is 28.2. The summed E-state index contributed by atoms with van der Waals surface area (Å²) in [5.41, 5.74) is 0. The van der Waals surface area contributed by atoms with Crippen LogP contribution in [0.4, 0.5) is 0 Å². The Labute approximate surface area is 165 Å². The van der Waals surface area contributed by atoms with Crippen LogP contribution < -0.4 is 5.32 Å². The smallest absolute Gasteiger partial charge is 0.231 e. The second-order valence-electron chi connectivity index (χ2n) is 9.10. The van der Waals surface area contributed by atoms with Gasteiger partial charge in [0.15, 0.2) is 5.82 Å². The Kier molecular flexibility index (Phi) is 4.80. The van der Waals surface area contributed by atoms with Crippen molar-refractivity contribution >= 4 is 11.8 Å². The summed E-state index contributed by atoms with van der Waals surface area (Å²) in [6.45, 7) is 0.790. The van der Waals surface area contributed by atoms with Gasteiger partial charge >= 0.3 is 0 Å². The van der Waals surface area contributed by atoms with Gasteiger partial charge in [-0.2, -0.15) is 0 Å². The van der Waals surface area contributed by atoms with E-state index in [0.717, 1.165) is 64.3 Å². The molecular weight excluding hydrogens is 356 g/mol. The molecule has 1 aromatic heterocycles. The van der Waals surface area contributed by atoms with E-state index in [-0.39, 0.29) is 23.8 Å². The highest BCUT2D eigenvalue weighted by atomic mass is 16.2. The van der Waals surface area contributed by atoms with E-state index in [9.17, 15) is 9.59 Å². The minimum absolute atomic E-state index is 0.0554. The van der Waals surface area contributed by atoms with Crippen molar-refractivity contribution in [3.8, 4) is 0 Å². The Balaban J connectivity index is 1.26. The molecule has 2 unspecified atom stereocenters. The fourth-order valence-electron chi connectivity index (χ4n) is 5.63. The maximum Gasteiger partial charge on any atom is 0.231 e. The fraction of sp³-hybridized carbons (Fsp3) is 0.850. The summed E-state index contributed by atoms with van der Waals surface area (Å²) in [5, 5.41) is 15.2. The summed E-state index contributed by atoms with van der Waals surface area (Å²) in [6.07, 6.45) is 11.2. The Morgan fingerprint density at radius 3 is 2.39 bits per heavy atom. The van der Waals surface area contributed by atoms with Gasteiger partial charge in [0.05, 0.1) is 5.92 Å². The van der Waals surface area contributed by atoms with Crippen LogP contribution in [0, 0.1) is 5.92 Å². The lowest BCUT2D eigenvalue weighted by Crippen LogP contribution is -2.60. The number of fused-ring (bicyclic) bond motifs is 3. The van der Waals surface area contributed by atoms with Crippen LogP contribution in [-0.4, -0.2) is 55.0 Å². The van der Waals surface area contributed by atoms with E-state index in [1.165, 1.54) is 12.8 Å². The van der Waals surface area contributed by atoms with E-state index in [2.05, 4.69) is 25.7 Å². The Bertz CT molecular complexity index is 731. The van der Waals surface area contributed by atoms with E-state index in [0.29, 0.717) is 23.8 Å². The van der Waals surface area contributed by atoms with Crippen molar-refractivity contribution in [2.75, 3.05) is 0 Å². The average molecular weight is 387 g/mol. The maximum atomic E-state index is 13.1. The molecule has 4 heterocycles. The molecular formula is C20H30N6O2. The lowest BCUT2D eigenvalue weighted by molar-refractivity contribution is -0.148. The zero-order valence-corrected chi connectivity index (χ0v) is 16.4. The normalized spacial score (nSPS) is 32.8. The van der Waals surface area contributed by atoms with Crippen LogP contribution in [0.25, 0.3) is 0 Å². The topological polar surface area (TPSA) is 93.0 Å². The molecule has 0 spiro atoms. The number of rotatable bonds is 3. The summed E-state index contributed by atoms with van der Waals surface area (Å²) in [6, 6.07) is 0.747. The molecule has 3 aliphatic heterocycles. The fourth-order valence-corrected chi connectivity index (χ4v) is 5.63. The highest BCUT2D eigenvalue weighted by Gasteiger charge is 2.44. The lowest BCUT2D eigenvalue weighted by Gasteiger charge is -2.50. The number of tetrazole rings is 1. The first-order valence-corrected chi connectivity index (χ1v) is 11.1. The van der Waals surface area contributed by atoms with Crippen LogP contribution >= 0.6 is 0 Å². The first-order valence-electron chi connectivity index (χ1n) is 11.1. The molecule has 5 rings (SSSR count). The predicted molar refractivity (Wildman–Crippen MR) is 101 cm³/mol. The molecule has 152 valence electrons. The minimum atomic E-state index is -0.257. The van der Waals surface area contributed by atoms with Crippen molar-refractivity contribution in [2.45, 2.75) is 101 Å². The molecule has 0 radical (unpaired) electrons. The number of carbonyl (C=O) groups excluding carboxylic acids is 2. The van der Waals surface area contributed by atoms with E-state index in [1.807, 2.05) is 0 Å². The molecule has 1 saturated carbocycles. The predicted octanol–water partition coefficient (Wildman–Crippen LogP) is 1.77. The molecule has 1 N–H and O–H groups in total. The molecule has 1 aliphatic carbocycles. The van der Waals surface area contributed by atoms with Crippen LogP contribution in [0.3, 0.4) is 0 Å². The Hall–Kier alpha value is -1.99. The van der Waals surface area contributed by atoms with Gasteiger partial charge in [-0.05, 0) is 68.2 Å². The van der Waals surface area contributed by atoms with Crippen LogP contribution in [0.5, 0.6) is 0 Å². The largest absolute Gasteiger partial charge is 0.353 e. The monoisotopic (exact) mass is 386 g/mol. The Morgan fingerprint density at radius 1 is 0.929 bits per heavy atom. The second-order valence-corrected chi connectivity index (χ2v) is 9.10. The number of nitrogens with one attached hydrogen (secondary N) is 1. The molecule has 2 amide bonds. The third-order valence-corrected chi connectivity index (χ3v) is 7.33. The van der Waals surface area contributed by atoms with Gasteiger partial charge in [-0.25, -0.2) is 4.68 Å². The number of hydrogen-bond acceptors (Lipinski definition) is 5. The summed E-state index contributed by atoms with van der Waals surface area (Å²) >= 11 is 0. The number of amides is 2. The van der Waals surface area contributed by atoms with Gasteiger partial charge in [0.25, 0.3) is 0 Å². The highest BCUT2D eigenvalue weighted by Crippen LogP contribution is 2.38. The van der Waals surface area contributed by atoms with Crippen molar-refractivity contribution in [1.82, 2.24) is 30.4 Å². The number of hydrogen-bond donors (Lipinski definition) is 1. The first-order chi connectivity index (χ1) is 13.7.